The van der Waals surface area contributed by atoms with Gasteiger partial charge in [-0.1, -0.05) is 12.1 Å². The van der Waals surface area contributed by atoms with E-state index in [1.165, 1.54) is 0 Å². The summed E-state index contributed by atoms with van der Waals surface area (Å²) in [5.41, 5.74) is 1.88. The predicted octanol–water partition coefficient (Wildman–Crippen LogP) is 3.27. The number of methoxy groups -OCH3 is 1. The van der Waals surface area contributed by atoms with Crippen molar-refractivity contribution in [2.45, 2.75) is 0 Å². The number of benzene rings is 2. The molecule has 0 aromatic heterocycles. The number of anilines is 1. The van der Waals surface area contributed by atoms with Gasteiger partial charge >= 0.3 is 0 Å². The van der Waals surface area contributed by atoms with Crippen LogP contribution >= 0.6 is 11.8 Å². The van der Waals surface area contributed by atoms with Crippen molar-refractivity contribution in [2.24, 2.45) is 0 Å². The number of carbonyl (C=O) groups excluding carboxylic acids is 3. The van der Waals surface area contributed by atoms with E-state index in [2.05, 4.69) is 10.6 Å². The number of ether oxygens (including phenoxy) is 1. The van der Waals surface area contributed by atoms with Crippen molar-refractivity contribution in [3.8, 4) is 5.75 Å². The van der Waals surface area contributed by atoms with Crippen LogP contribution < -0.4 is 15.4 Å². The van der Waals surface area contributed by atoms with E-state index in [4.69, 9.17) is 4.74 Å². The zero-order valence-corrected chi connectivity index (χ0v) is 14.1. The van der Waals surface area contributed by atoms with E-state index in [1.807, 2.05) is 0 Å². The molecule has 2 N–H and O–H groups in total. The van der Waals surface area contributed by atoms with Crippen LogP contribution in [0.2, 0.25) is 0 Å². The molecule has 6 nitrogen and oxygen atoms in total. The van der Waals surface area contributed by atoms with Crippen LogP contribution in [0, 0.1) is 0 Å². The number of nitrogens with one attached hydrogen (secondary N) is 2. The van der Waals surface area contributed by atoms with Crippen molar-refractivity contribution in [1.29, 1.82) is 0 Å². The number of hydrogen-bond donors (Lipinski definition) is 2. The van der Waals surface area contributed by atoms with Crippen LogP contribution in [0.15, 0.2) is 53.4 Å². The SMILES string of the molecule is COc1ccc(NC(=O)c2ccc(C=C3SC(=O)NC3=O)cc2)cc1. The lowest BCUT2D eigenvalue weighted by Crippen LogP contribution is -2.17. The number of imide groups is 1. The molecular formula is C18H14N2O4S. The van der Waals surface area contributed by atoms with Gasteiger partial charge in [0, 0.05) is 11.3 Å². The van der Waals surface area contributed by atoms with Crippen LogP contribution in [0.3, 0.4) is 0 Å². The highest BCUT2D eigenvalue weighted by Crippen LogP contribution is 2.25. The highest BCUT2D eigenvalue weighted by molar-refractivity contribution is 8.18. The van der Waals surface area contributed by atoms with Gasteiger partial charge in [-0.15, -0.1) is 0 Å². The highest BCUT2D eigenvalue weighted by Gasteiger charge is 2.24. The molecule has 1 aliphatic heterocycles. The fraction of sp³-hybridized carbons (Fsp3) is 0.0556. The van der Waals surface area contributed by atoms with Crippen molar-refractivity contribution in [1.82, 2.24) is 5.32 Å². The Morgan fingerprint density at radius 2 is 1.76 bits per heavy atom. The molecule has 7 heteroatoms. The zero-order valence-electron chi connectivity index (χ0n) is 13.2. The molecule has 0 aliphatic carbocycles. The van der Waals surface area contributed by atoms with Crippen LogP contribution in [0.5, 0.6) is 5.75 Å². The number of rotatable bonds is 4. The molecule has 2 aromatic carbocycles. The Morgan fingerprint density at radius 1 is 1.08 bits per heavy atom. The first-order chi connectivity index (χ1) is 12.0. The fourth-order valence-corrected chi connectivity index (χ4v) is 2.86. The van der Waals surface area contributed by atoms with Crippen LogP contribution in [0.4, 0.5) is 10.5 Å². The van der Waals surface area contributed by atoms with Crippen molar-refractivity contribution >= 4 is 40.6 Å². The molecule has 0 unspecified atom stereocenters. The molecule has 0 atom stereocenters. The number of thioether (sulfide) groups is 1. The molecular weight excluding hydrogens is 340 g/mol. The summed E-state index contributed by atoms with van der Waals surface area (Å²) < 4.78 is 5.07. The zero-order chi connectivity index (χ0) is 17.8. The van der Waals surface area contributed by atoms with E-state index in [9.17, 15) is 14.4 Å². The third-order valence-corrected chi connectivity index (χ3v) is 4.27. The van der Waals surface area contributed by atoms with Gasteiger partial charge in [0.25, 0.3) is 17.1 Å². The average molecular weight is 354 g/mol. The van der Waals surface area contributed by atoms with Crippen molar-refractivity contribution < 1.29 is 19.1 Å². The van der Waals surface area contributed by atoms with E-state index in [-0.39, 0.29) is 11.1 Å². The van der Waals surface area contributed by atoms with Gasteiger partial charge in [0.2, 0.25) is 0 Å². The second-order valence-electron chi connectivity index (χ2n) is 5.16. The van der Waals surface area contributed by atoms with E-state index in [1.54, 1.807) is 61.7 Å². The molecule has 1 heterocycles. The Hall–Kier alpha value is -3.06. The van der Waals surface area contributed by atoms with Gasteiger partial charge in [-0.2, -0.15) is 0 Å². The smallest absolute Gasteiger partial charge is 0.290 e. The number of hydrogen-bond acceptors (Lipinski definition) is 5. The quantitative estimate of drug-likeness (QED) is 0.823. The van der Waals surface area contributed by atoms with E-state index in [0.29, 0.717) is 21.9 Å². The van der Waals surface area contributed by atoms with Crippen LogP contribution in [-0.2, 0) is 4.79 Å². The molecule has 0 bridgehead atoms. The third-order valence-electron chi connectivity index (χ3n) is 3.46. The molecule has 0 spiro atoms. The summed E-state index contributed by atoms with van der Waals surface area (Å²) in [6.07, 6.45) is 1.61. The maximum atomic E-state index is 12.2. The molecule has 1 saturated heterocycles. The molecule has 1 aliphatic rings. The van der Waals surface area contributed by atoms with Crippen molar-refractivity contribution in [3.05, 3.63) is 64.6 Å². The summed E-state index contributed by atoms with van der Waals surface area (Å²) >= 11 is 0.856. The maximum absolute atomic E-state index is 12.2. The molecule has 25 heavy (non-hydrogen) atoms. The second kappa shape index (κ2) is 7.23. The minimum atomic E-state index is -0.406. The third kappa shape index (κ3) is 4.07. The Morgan fingerprint density at radius 3 is 2.32 bits per heavy atom. The van der Waals surface area contributed by atoms with Gasteiger partial charge in [-0.3, -0.25) is 19.7 Å². The van der Waals surface area contributed by atoms with Crippen LogP contribution in [0.1, 0.15) is 15.9 Å². The molecule has 0 saturated carbocycles. The molecule has 3 rings (SSSR count). The fourth-order valence-electron chi connectivity index (χ4n) is 2.18. The van der Waals surface area contributed by atoms with Gasteiger partial charge in [-0.25, -0.2) is 0 Å². The van der Waals surface area contributed by atoms with Crippen LogP contribution in [0.25, 0.3) is 6.08 Å². The lowest BCUT2D eigenvalue weighted by molar-refractivity contribution is -0.115. The summed E-state index contributed by atoms with van der Waals surface area (Å²) in [5, 5.41) is 4.61. The Labute approximate surface area is 148 Å². The van der Waals surface area contributed by atoms with Crippen LogP contribution in [-0.4, -0.2) is 24.2 Å². The van der Waals surface area contributed by atoms with Gasteiger partial charge in [-0.05, 0) is 59.8 Å². The van der Waals surface area contributed by atoms with Crippen molar-refractivity contribution in [3.63, 3.8) is 0 Å². The standard InChI is InChI=1S/C18H14N2O4S/c1-24-14-8-6-13(7-9-14)19-16(21)12-4-2-11(3-5-12)10-15-17(22)20-18(23)25-15/h2-10H,1H3,(H,19,21)(H,20,22,23). The highest BCUT2D eigenvalue weighted by atomic mass is 32.2. The van der Waals surface area contributed by atoms with E-state index >= 15 is 0 Å². The Bertz CT molecular complexity index is 858. The van der Waals surface area contributed by atoms with E-state index < -0.39 is 5.91 Å². The second-order valence-corrected chi connectivity index (χ2v) is 6.17. The maximum Gasteiger partial charge on any atom is 0.290 e. The number of carbonyl (C=O) groups is 3. The average Bonchev–Trinajstić information content (AvgIpc) is 2.93. The van der Waals surface area contributed by atoms with Gasteiger partial charge in [0.15, 0.2) is 0 Å². The monoisotopic (exact) mass is 354 g/mol. The lowest BCUT2D eigenvalue weighted by atomic mass is 10.1. The van der Waals surface area contributed by atoms with Gasteiger partial charge in [0.05, 0.1) is 12.0 Å². The normalized spacial score (nSPS) is 15.2. The molecule has 2 aromatic rings. The van der Waals surface area contributed by atoms with Crippen molar-refractivity contribution in [2.75, 3.05) is 12.4 Å². The Kier molecular flexibility index (Phi) is 4.85. The van der Waals surface area contributed by atoms with Gasteiger partial charge in [0.1, 0.15) is 5.75 Å². The predicted molar refractivity (Wildman–Crippen MR) is 96.5 cm³/mol. The minimum Gasteiger partial charge on any atom is -0.497 e. The molecule has 0 radical (unpaired) electrons. The summed E-state index contributed by atoms with van der Waals surface area (Å²) in [6.45, 7) is 0. The summed E-state index contributed by atoms with van der Waals surface area (Å²) in [5.74, 6) is 0.0616. The lowest BCUT2D eigenvalue weighted by Gasteiger charge is -2.06. The summed E-state index contributed by atoms with van der Waals surface area (Å²) in [4.78, 5) is 35.2. The first kappa shape index (κ1) is 16.8. The minimum absolute atomic E-state index is 0.243. The largest absolute Gasteiger partial charge is 0.497 e. The first-order valence-corrected chi connectivity index (χ1v) is 8.17. The number of amides is 3. The molecule has 1 fully saturated rings. The Balaban J connectivity index is 1.69. The van der Waals surface area contributed by atoms with E-state index in [0.717, 1.165) is 17.3 Å². The first-order valence-electron chi connectivity index (χ1n) is 7.35. The summed E-state index contributed by atoms with van der Waals surface area (Å²) in [7, 11) is 1.58. The topological polar surface area (TPSA) is 84.5 Å². The molecule has 126 valence electrons. The van der Waals surface area contributed by atoms with Gasteiger partial charge < -0.3 is 10.1 Å². The molecule has 3 amide bonds. The summed E-state index contributed by atoms with van der Waals surface area (Å²) in [6, 6.07) is 13.8.